The lowest BCUT2D eigenvalue weighted by atomic mass is 9.91. The summed E-state index contributed by atoms with van der Waals surface area (Å²) in [7, 11) is 0. The third kappa shape index (κ3) is 4.20. The molecule has 3 heterocycles. The number of aryl methyl sites for hydroxylation is 2. The molecule has 0 radical (unpaired) electrons. The van der Waals surface area contributed by atoms with Crippen molar-refractivity contribution >= 4 is 17.2 Å². The molecule has 0 bridgehead atoms. The van der Waals surface area contributed by atoms with Crippen LogP contribution in [0.3, 0.4) is 0 Å². The van der Waals surface area contributed by atoms with Crippen molar-refractivity contribution in [3.63, 3.8) is 0 Å². The summed E-state index contributed by atoms with van der Waals surface area (Å²) in [5.41, 5.74) is 11.3. The van der Waals surface area contributed by atoms with Gasteiger partial charge in [0.2, 0.25) is 0 Å². The lowest BCUT2D eigenvalue weighted by molar-refractivity contribution is 0.474. The first kappa shape index (κ1) is 23.9. The summed E-state index contributed by atoms with van der Waals surface area (Å²) in [6.45, 7) is 4.38. The molecule has 0 saturated heterocycles. The predicted molar refractivity (Wildman–Crippen MR) is 163 cm³/mol. The molecule has 0 saturated carbocycles. The smallest absolute Gasteiger partial charge is 0.181 e. The topological polar surface area (TPSA) is 38.2 Å². The van der Waals surface area contributed by atoms with Crippen LogP contribution in [0, 0.1) is 13.8 Å². The van der Waals surface area contributed by atoms with Crippen LogP contribution in [0.5, 0.6) is 11.5 Å². The minimum Gasteiger partial charge on any atom is -0.451 e. The van der Waals surface area contributed by atoms with E-state index in [1.54, 1.807) is 6.20 Å². The molecule has 0 aliphatic carbocycles. The Morgan fingerprint density at radius 3 is 2.15 bits per heavy atom. The molecule has 1 aliphatic heterocycles. The normalized spacial score (nSPS) is 11.9. The third-order valence-corrected chi connectivity index (χ3v) is 7.38. The third-order valence-electron chi connectivity index (χ3n) is 7.38. The van der Waals surface area contributed by atoms with E-state index < -0.39 is 0 Å². The molecule has 1 aliphatic rings. The zero-order chi connectivity index (χ0) is 27.1. The van der Waals surface area contributed by atoms with E-state index in [-0.39, 0.29) is 0 Å². The van der Waals surface area contributed by atoms with Crippen molar-refractivity contribution in [1.29, 1.82) is 0 Å². The van der Waals surface area contributed by atoms with Crippen LogP contribution in [0.4, 0.5) is 17.2 Å². The van der Waals surface area contributed by atoms with E-state index in [4.69, 9.17) is 9.72 Å². The summed E-state index contributed by atoms with van der Waals surface area (Å²) < 4.78 is 6.15. The zero-order valence-corrected chi connectivity index (χ0v) is 22.4. The fourth-order valence-corrected chi connectivity index (χ4v) is 5.62. The van der Waals surface area contributed by atoms with Crippen LogP contribution in [0.25, 0.3) is 33.5 Å². The summed E-state index contributed by atoms with van der Waals surface area (Å²) in [4.78, 5) is 11.6. The van der Waals surface area contributed by atoms with Crippen LogP contribution in [0.1, 0.15) is 11.1 Å². The van der Waals surface area contributed by atoms with Gasteiger partial charge in [-0.2, -0.15) is 0 Å². The van der Waals surface area contributed by atoms with Gasteiger partial charge in [-0.1, -0.05) is 66.7 Å². The Morgan fingerprint density at radius 1 is 0.550 bits per heavy atom. The molecule has 7 rings (SSSR count). The lowest BCUT2D eigenvalue weighted by Gasteiger charge is -2.31. The first-order valence-electron chi connectivity index (χ1n) is 13.4. The van der Waals surface area contributed by atoms with Crippen LogP contribution in [0.15, 0.2) is 128 Å². The highest BCUT2D eigenvalue weighted by atomic mass is 16.5. The van der Waals surface area contributed by atoms with E-state index in [1.807, 2.05) is 36.5 Å². The van der Waals surface area contributed by atoms with Crippen LogP contribution >= 0.6 is 0 Å². The Morgan fingerprint density at radius 2 is 1.30 bits per heavy atom. The van der Waals surface area contributed by atoms with E-state index in [9.17, 15) is 0 Å². The SMILES string of the molecule is Cc1cc(-c2ccccc2)cc(C)c1-c1ccnc(-c2cccc(N3c4ccccc4Oc4cccnc43)c2)c1. The van der Waals surface area contributed by atoms with E-state index in [0.717, 1.165) is 45.5 Å². The van der Waals surface area contributed by atoms with Gasteiger partial charge in [0.15, 0.2) is 17.3 Å². The monoisotopic (exact) mass is 517 g/mol. The number of hydrogen-bond acceptors (Lipinski definition) is 4. The van der Waals surface area contributed by atoms with Crippen molar-refractivity contribution in [2.75, 3.05) is 4.90 Å². The molecule has 4 nitrogen and oxygen atoms in total. The molecule has 6 aromatic rings. The molecule has 0 spiro atoms. The number of aromatic nitrogens is 2. The maximum atomic E-state index is 6.15. The largest absolute Gasteiger partial charge is 0.451 e. The molecule has 4 heteroatoms. The first-order chi connectivity index (χ1) is 19.7. The molecule has 0 N–H and O–H groups in total. The Labute approximate surface area is 234 Å². The van der Waals surface area contributed by atoms with Gasteiger partial charge in [0.1, 0.15) is 0 Å². The average Bonchev–Trinajstić information content (AvgIpc) is 3.00. The van der Waals surface area contributed by atoms with Gasteiger partial charge >= 0.3 is 0 Å². The Kier molecular flexibility index (Phi) is 5.86. The highest BCUT2D eigenvalue weighted by molar-refractivity contribution is 5.86. The number of hydrogen-bond donors (Lipinski definition) is 0. The second kappa shape index (κ2) is 9.83. The number of fused-ring (bicyclic) bond motifs is 2. The number of para-hydroxylation sites is 2. The van der Waals surface area contributed by atoms with Gasteiger partial charge in [0, 0.05) is 23.6 Å². The van der Waals surface area contributed by atoms with Crippen LogP contribution in [-0.2, 0) is 0 Å². The van der Waals surface area contributed by atoms with E-state index in [0.29, 0.717) is 0 Å². The number of benzene rings is 4. The Bertz CT molecular complexity index is 1790. The standard InChI is InChI=1S/C36H27N3O/c1-24-20-29(26-10-4-3-5-11-26)21-25(2)35(24)28-17-19-37-31(23-28)27-12-8-13-30(22-27)39-32-14-6-7-15-33(32)40-34-16-9-18-38-36(34)39/h3-23H,1-2H3. The minimum atomic E-state index is 0.733. The summed E-state index contributed by atoms with van der Waals surface area (Å²) >= 11 is 0. The van der Waals surface area contributed by atoms with Gasteiger partial charge < -0.3 is 4.74 Å². The van der Waals surface area contributed by atoms with Gasteiger partial charge in [-0.3, -0.25) is 9.88 Å². The first-order valence-corrected chi connectivity index (χ1v) is 13.4. The van der Waals surface area contributed by atoms with Crippen molar-refractivity contribution in [3.8, 4) is 45.0 Å². The second-order valence-corrected chi connectivity index (χ2v) is 10.1. The Balaban J connectivity index is 1.29. The molecule has 0 amide bonds. The summed E-state index contributed by atoms with van der Waals surface area (Å²) in [5, 5.41) is 0. The van der Waals surface area contributed by atoms with E-state index in [2.05, 4.69) is 109 Å². The van der Waals surface area contributed by atoms with Gasteiger partial charge in [-0.25, -0.2) is 4.98 Å². The average molecular weight is 518 g/mol. The number of rotatable bonds is 4. The van der Waals surface area contributed by atoms with Gasteiger partial charge in [0.25, 0.3) is 0 Å². The quantitative estimate of drug-likeness (QED) is 0.233. The number of pyridine rings is 2. The van der Waals surface area contributed by atoms with Crippen LogP contribution < -0.4 is 9.64 Å². The fraction of sp³-hybridized carbons (Fsp3) is 0.0556. The van der Waals surface area contributed by atoms with E-state index >= 15 is 0 Å². The molecular weight excluding hydrogens is 490 g/mol. The molecule has 4 aromatic carbocycles. The molecular formula is C36H27N3O. The maximum absolute atomic E-state index is 6.15. The predicted octanol–water partition coefficient (Wildman–Crippen LogP) is 9.67. The Hall–Kier alpha value is -5.22. The van der Waals surface area contributed by atoms with Crippen molar-refractivity contribution in [1.82, 2.24) is 9.97 Å². The fourth-order valence-electron chi connectivity index (χ4n) is 5.62. The van der Waals surface area contributed by atoms with Crippen molar-refractivity contribution in [2.24, 2.45) is 0 Å². The molecule has 2 aromatic heterocycles. The maximum Gasteiger partial charge on any atom is 0.181 e. The van der Waals surface area contributed by atoms with E-state index in [1.165, 1.54) is 27.8 Å². The number of nitrogens with zero attached hydrogens (tertiary/aromatic N) is 3. The highest BCUT2D eigenvalue weighted by Crippen LogP contribution is 2.49. The number of anilines is 3. The molecule has 0 fully saturated rings. The highest BCUT2D eigenvalue weighted by Gasteiger charge is 2.26. The van der Waals surface area contributed by atoms with Crippen LogP contribution in [-0.4, -0.2) is 9.97 Å². The summed E-state index contributed by atoms with van der Waals surface area (Å²) in [5.74, 6) is 2.31. The summed E-state index contributed by atoms with van der Waals surface area (Å²) in [6.07, 6.45) is 3.70. The zero-order valence-electron chi connectivity index (χ0n) is 22.4. The summed E-state index contributed by atoms with van der Waals surface area (Å²) in [6, 6.07) is 39.7. The van der Waals surface area contributed by atoms with Crippen LogP contribution in [0.2, 0.25) is 0 Å². The molecule has 0 atom stereocenters. The van der Waals surface area contributed by atoms with Gasteiger partial charge in [-0.15, -0.1) is 0 Å². The van der Waals surface area contributed by atoms with Gasteiger partial charge in [0.05, 0.1) is 11.4 Å². The minimum absolute atomic E-state index is 0.733. The van der Waals surface area contributed by atoms with Gasteiger partial charge in [-0.05, 0) is 95.8 Å². The lowest BCUT2D eigenvalue weighted by Crippen LogP contribution is -2.17. The molecule has 0 unspecified atom stereocenters. The molecule has 40 heavy (non-hydrogen) atoms. The molecule has 192 valence electrons. The number of ether oxygens (including phenoxy) is 1. The van der Waals surface area contributed by atoms with Crippen molar-refractivity contribution in [3.05, 3.63) is 139 Å². The van der Waals surface area contributed by atoms with Crippen molar-refractivity contribution < 1.29 is 4.74 Å². The second-order valence-electron chi connectivity index (χ2n) is 10.1. The van der Waals surface area contributed by atoms with Crippen molar-refractivity contribution in [2.45, 2.75) is 13.8 Å².